The van der Waals surface area contributed by atoms with E-state index >= 15 is 0 Å². The van der Waals surface area contributed by atoms with Crippen LogP contribution in [0.1, 0.15) is 37.7 Å². The van der Waals surface area contributed by atoms with Crippen LogP contribution >= 0.6 is 0 Å². The van der Waals surface area contributed by atoms with Crippen LogP contribution in [0.4, 0.5) is 0 Å². The first-order valence-electron chi connectivity index (χ1n) is 7.81. The number of hydrogen-bond donors (Lipinski definition) is 1. The first kappa shape index (κ1) is 13.6. The molecule has 0 saturated carbocycles. The number of carbonyl (C=O) groups excluding carboxylic acids is 1. The Bertz CT molecular complexity index is 459. The van der Waals surface area contributed by atoms with Crippen molar-refractivity contribution >= 4 is 5.91 Å². The van der Waals surface area contributed by atoms with E-state index in [-0.39, 0.29) is 5.92 Å². The fraction of sp³-hybridized carbons (Fsp3) is 0.588. The highest BCUT2D eigenvalue weighted by atomic mass is 16.2. The zero-order valence-corrected chi connectivity index (χ0v) is 12.2. The second-order valence-electron chi connectivity index (χ2n) is 6.26. The van der Waals surface area contributed by atoms with E-state index in [2.05, 4.69) is 47.5 Å². The number of carbonyl (C=O) groups is 1. The van der Waals surface area contributed by atoms with Gasteiger partial charge in [-0.1, -0.05) is 30.3 Å². The minimum absolute atomic E-state index is 0.237. The molecule has 108 valence electrons. The van der Waals surface area contributed by atoms with Gasteiger partial charge in [0.1, 0.15) is 0 Å². The molecule has 0 aromatic heterocycles. The van der Waals surface area contributed by atoms with Crippen molar-refractivity contribution in [2.75, 3.05) is 19.6 Å². The average molecular weight is 272 g/mol. The Morgan fingerprint density at radius 3 is 2.80 bits per heavy atom. The smallest absolute Gasteiger partial charge is 0.225 e. The highest BCUT2D eigenvalue weighted by Crippen LogP contribution is 2.29. The molecule has 2 aliphatic rings. The van der Waals surface area contributed by atoms with Crippen LogP contribution in [0.3, 0.4) is 0 Å². The van der Waals surface area contributed by atoms with E-state index in [0.29, 0.717) is 17.9 Å². The molecule has 3 nitrogen and oxygen atoms in total. The normalized spacial score (nSPS) is 30.4. The number of likely N-dealkylation sites (tertiary alicyclic amines) is 1. The molecule has 3 heteroatoms. The Hall–Kier alpha value is -1.35. The van der Waals surface area contributed by atoms with Gasteiger partial charge in [-0.15, -0.1) is 0 Å². The lowest BCUT2D eigenvalue weighted by atomic mass is 9.92. The maximum absolute atomic E-state index is 12.6. The predicted molar refractivity (Wildman–Crippen MR) is 80.6 cm³/mol. The summed E-state index contributed by atoms with van der Waals surface area (Å²) in [4.78, 5) is 14.7. The Balaban J connectivity index is 1.61. The Labute approximate surface area is 121 Å². The molecule has 1 N–H and O–H groups in total. The van der Waals surface area contributed by atoms with Crippen LogP contribution in [0.5, 0.6) is 0 Å². The summed E-state index contributed by atoms with van der Waals surface area (Å²) in [5.74, 6) is 1.15. The topological polar surface area (TPSA) is 32.3 Å². The molecule has 1 unspecified atom stereocenters. The van der Waals surface area contributed by atoms with Gasteiger partial charge in [-0.3, -0.25) is 4.79 Å². The van der Waals surface area contributed by atoms with Crippen molar-refractivity contribution in [3.8, 4) is 0 Å². The first-order chi connectivity index (χ1) is 9.74. The monoisotopic (exact) mass is 272 g/mol. The third-order valence-corrected chi connectivity index (χ3v) is 4.74. The quantitative estimate of drug-likeness (QED) is 0.896. The fourth-order valence-electron chi connectivity index (χ4n) is 3.57. The minimum atomic E-state index is 0.237. The molecule has 3 rings (SSSR count). The van der Waals surface area contributed by atoms with Crippen LogP contribution in [-0.2, 0) is 4.79 Å². The van der Waals surface area contributed by atoms with E-state index in [1.807, 2.05) is 0 Å². The molecule has 3 atom stereocenters. The summed E-state index contributed by atoms with van der Waals surface area (Å²) in [5.41, 5.74) is 1.38. The lowest BCUT2D eigenvalue weighted by Crippen LogP contribution is -2.43. The average Bonchev–Trinajstić information content (AvgIpc) is 2.97. The molecule has 2 heterocycles. The summed E-state index contributed by atoms with van der Waals surface area (Å²) in [6.07, 6.45) is 3.09. The number of nitrogens with zero attached hydrogens (tertiary/aromatic N) is 1. The van der Waals surface area contributed by atoms with E-state index in [4.69, 9.17) is 0 Å². The number of piperidine rings is 1. The van der Waals surface area contributed by atoms with Crippen molar-refractivity contribution in [2.24, 2.45) is 5.92 Å². The van der Waals surface area contributed by atoms with Gasteiger partial charge in [0.25, 0.3) is 0 Å². The van der Waals surface area contributed by atoms with Crippen LogP contribution in [0, 0.1) is 5.92 Å². The van der Waals surface area contributed by atoms with E-state index in [9.17, 15) is 4.79 Å². The van der Waals surface area contributed by atoms with Crippen LogP contribution in [0.15, 0.2) is 30.3 Å². The molecule has 1 amide bonds. The van der Waals surface area contributed by atoms with Gasteiger partial charge in [-0.2, -0.15) is 0 Å². The van der Waals surface area contributed by atoms with Crippen molar-refractivity contribution in [3.63, 3.8) is 0 Å². The van der Waals surface area contributed by atoms with Crippen molar-refractivity contribution in [2.45, 2.75) is 38.1 Å². The second kappa shape index (κ2) is 5.96. The highest BCUT2D eigenvalue weighted by Gasteiger charge is 2.33. The second-order valence-corrected chi connectivity index (χ2v) is 6.26. The number of nitrogens with one attached hydrogen (secondary N) is 1. The largest absolute Gasteiger partial charge is 0.342 e. The summed E-state index contributed by atoms with van der Waals surface area (Å²) in [6, 6.07) is 11.1. The standard InChI is InChI=1S/C17H24N2O/c1-13-11-15(7-9-18-13)17(20)19-10-8-16(12-19)14-5-3-2-4-6-14/h2-6,13,15-16,18H,7-12H2,1H3/t13-,15-,16?/m0/s1. The molecule has 1 aromatic carbocycles. The van der Waals surface area contributed by atoms with Gasteiger partial charge in [0.2, 0.25) is 5.91 Å². The lowest BCUT2D eigenvalue weighted by molar-refractivity contribution is -0.135. The molecule has 0 bridgehead atoms. The Kier molecular flexibility index (Phi) is 4.06. The van der Waals surface area contributed by atoms with Gasteiger partial charge in [0.05, 0.1) is 0 Å². The Morgan fingerprint density at radius 2 is 2.05 bits per heavy atom. The lowest BCUT2D eigenvalue weighted by Gasteiger charge is -2.30. The van der Waals surface area contributed by atoms with Crippen LogP contribution in [0.2, 0.25) is 0 Å². The van der Waals surface area contributed by atoms with Crippen LogP contribution in [0.25, 0.3) is 0 Å². The number of rotatable bonds is 2. The third-order valence-electron chi connectivity index (χ3n) is 4.74. The van der Waals surface area contributed by atoms with E-state index in [0.717, 1.165) is 38.9 Å². The molecule has 20 heavy (non-hydrogen) atoms. The highest BCUT2D eigenvalue weighted by molar-refractivity contribution is 5.79. The fourth-order valence-corrected chi connectivity index (χ4v) is 3.57. The summed E-state index contributed by atoms with van der Waals surface area (Å²) < 4.78 is 0. The molecule has 2 aliphatic heterocycles. The van der Waals surface area contributed by atoms with Gasteiger partial charge in [0, 0.05) is 31.0 Å². The minimum Gasteiger partial charge on any atom is -0.342 e. The van der Waals surface area contributed by atoms with E-state index < -0.39 is 0 Å². The van der Waals surface area contributed by atoms with Crippen LogP contribution < -0.4 is 5.32 Å². The molecule has 0 spiro atoms. The predicted octanol–water partition coefficient (Wildman–Crippen LogP) is 2.39. The van der Waals surface area contributed by atoms with Crippen molar-refractivity contribution in [1.29, 1.82) is 0 Å². The zero-order chi connectivity index (χ0) is 13.9. The summed E-state index contributed by atoms with van der Waals surface area (Å²) in [7, 11) is 0. The zero-order valence-electron chi connectivity index (χ0n) is 12.2. The summed E-state index contributed by atoms with van der Waals surface area (Å²) >= 11 is 0. The Morgan fingerprint density at radius 1 is 1.25 bits per heavy atom. The molecule has 0 aliphatic carbocycles. The number of benzene rings is 1. The maximum Gasteiger partial charge on any atom is 0.225 e. The molecular weight excluding hydrogens is 248 g/mol. The summed E-state index contributed by atoms with van der Waals surface area (Å²) in [6.45, 7) is 4.99. The van der Waals surface area contributed by atoms with Crippen molar-refractivity contribution in [1.82, 2.24) is 10.2 Å². The van der Waals surface area contributed by atoms with Gasteiger partial charge >= 0.3 is 0 Å². The number of amides is 1. The maximum atomic E-state index is 12.6. The molecule has 2 fully saturated rings. The number of hydrogen-bond acceptors (Lipinski definition) is 2. The van der Waals surface area contributed by atoms with Crippen molar-refractivity contribution < 1.29 is 4.79 Å². The molecular formula is C17H24N2O. The van der Waals surface area contributed by atoms with Gasteiger partial charge in [0.15, 0.2) is 0 Å². The van der Waals surface area contributed by atoms with Gasteiger partial charge < -0.3 is 10.2 Å². The van der Waals surface area contributed by atoms with Gasteiger partial charge in [-0.05, 0) is 38.3 Å². The molecule has 2 saturated heterocycles. The first-order valence-corrected chi connectivity index (χ1v) is 7.81. The molecule has 0 radical (unpaired) electrons. The van der Waals surface area contributed by atoms with E-state index in [1.54, 1.807) is 0 Å². The van der Waals surface area contributed by atoms with E-state index in [1.165, 1.54) is 5.56 Å². The van der Waals surface area contributed by atoms with Crippen molar-refractivity contribution in [3.05, 3.63) is 35.9 Å². The SMILES string of the molecule is C[C@H]1C[C@@H](C(=O)N2CCC(c3ccccc3)C2)CCN1. The third kappa shape index (κ3) is 2.88. The summed E-state index contributed by atoms with van der Waals surface area (Å²) in [5, 5.41) is 3.42. The molecule has 1 aromatic rings. The van der Waals surface area contributed by atoms with Gasteiger partial charge in [-0.25, -0.2) is 0 Å². The van der Waals surface area contributed by atoms with Crippen LogP contribution in [-0.4, -0.2) is 36.5 Å².